The molecule has 2 heterocycles. The molecule has 9 N–H and O–H groups in total. The number of aliphatic hydroxyl groups is 8. The molecule has 0 spiro atoms. The predicted octanol–water partition coefficient (Wildman–Crippen LogP) is 17.9. The average Bonchev–Trinajstić information content (AvgIpc) is 0.793. The highest BCUT2D eigenvalue weighted by Crippen LogP contribution is 2.30. The maximum atomic E-state index is 13.4. The monoisotopic (exact) mass is 1360 g/mol. The Bertz CT molecular complexity index is 2050. The number of amides is 1. The van der Waals surface area contributed by atoms with Gasteiger partial charge in [-0.05, 0) is 83.5 Å². The van der Waals surface area contributed by atoms with Crippen LogP contribution in [0, 0.1) is 0 Å². The molecule has 14 heteroatoms. The minimum absolute atomic E-state index is 0.218. The van der Waals surface area contributed by atoms with Crippen molar-refractivity contribution < 1.29 is 64.6 Å². The van der Waals surface area contributed by atoms with Gasteiger partial charge in [-0.25, -0.2) is 0 Å². The molecule has 0 aromatic carbocycles. The molecule has 14 nitrogen and oxygen atoms in total. The third-order valence-corrected chi connectivity index (χ3v) is 18.8. The Labute approximate surface area is 591 Å². The Morgan fingerprint density at radius 1 is 0.381 bits per heavy atom. The number of aliphatic hydroxyl groups excluding tert-OH is 8. The summed E-state index contributed by atoms with van der Waals surface area (Å²) < 4.78 is 23.0. The molecule has 12 unspecified atom stereocenters. The van der Waals surface area contributed by atoms with Crippen molar-refractivity contribution in [1.29, 1.82) is 0 Å². The van der Waals surface area contributed by atoms with E-state index in [9.17, 15) is 45.6 Å². The van der Waals surface area contributed by atoms with Crippen LogP contribution >= 0.6 is 0 Å². The number of ether oxygens (including phenoxy) is 4. The van der Waals surface area contributed by atoms with Crippen LogP contribution in [0.2, 0.25) is 0 Å². The van der Waals surface area contributed by atoms with E-state index in [0.717, 1.165) is 122 Å². The summed E-state index contributed by atoms with van der Waals surface area (Å²) in [6, 6.07) is -0.845. The Morgan fingerprint density at radius 3 is 1.09 bits per heavy atom. The minimum Gasteiger partial charge on any atom is -0.394 e. The number of nitrogens with one attached hydrogen (secondary N) is 1. The van der Waals surface area contributed by atoms with E-state index in [2.05, 4.69) is 129 Å². The number of unbranched alkanes of at least 4 members (excludes halogenated alkanes) is 34. The topological polar surface area (TPSA) is 228 Å². The maximum Gasteiger partial charge on any atom is 0.220 e. The highest BCUT2D eigenvalue weighted by atomic mass is 16.7. The number of allylic oxidation sites excluding steroid dienone is 18. The third kappa shape index (κ3) is 49.0. The van der Waals surface area contributed by atoms with E-state index in [0.29, 0.717) is 12.8 Å². The lowest BCUT2D eigenvalue weighted by atomic mass is 9.97. The molecule has 2 aliphatic heterocycles. The first-order valence-corrected chi connectivity index (χ1v) is 39.6. The molecule has 0 saturated carbocycles. The van der Waals surface area contributed by atoms with Gasteiger partial charge in [0.1, 0.15) is 48.8 Å². The molecule has 2 fully saturated rings. The summed E-state index contributed by atoms with van der Waals surface area (Å²) in [5.41, 5.74) is 0. The van der Waals surface area contributed by atoms with Crippen molar-refractivity contribution in [3.05, 3.63) is 109 Å². The lowest BCUT2D eigenvalue weighted by molar-refractivity contribution is -0.359. The van der Waals surface area contributed by atoms with Crippen LogP contribution < -0.4 is 5.32 Å². The van der Waals surface area contributed by atoms with Crippen LogP contribution in [0.25, 0.3) is 0 Å². The lowest BCUT2D eigenvalue weighted by Crippen LogP contribution is -2.65. The number of carbonyl (C=O) groups is 1. The van der Waals surface area contributed by atoms with Crippen molar-refractivity contribution in [3.8, 4) is 0 Å². The van der Waals surface area contributed by atoms with Crippen LogP contribution in [-0.2, 0) is 23.7 Å². The fourth-order valence-corrected chi connectivity index (χ4v) is 12.5. The fourth-order valence-electron chi connectivity index (χ4n) is 12.5. The van der Waals surface area contributed by atoms with Gasteiger partial charge in [0.15, 0.2) is 12.6 Å². The van der Waals surface area contributed by atoms with E-state index >= 15 is 0 Å². The van der Waals surface area contributed by atoms with E-state index in [1.165, 1.54) is 161 Å². The van der Waals surface area contributed by atoms with Gasteiger partial charge < -0.3 is 65.1 Å². The molecule has 560 valence electrons. The normalized spacial score (nSPS) is 22.7. The van der Waals surface area contributed by atoms with Gasteiger partial charge in [0.2, 0.25) is 5.91 Å². The van der Waals surface area contributed by atoms with Gasteiger partial charge in [-0.3, -0.25) is 4.79 Å². The van der Waals surface area contributed by atoms with Crippen LogP contribution in [0.3, 0.4) is 0 Å². The fraction of sp³-hybridized carbons (Fsp3) is 0.771. The van der Waals surface area contributed by atoms with Crippen molar-refractivity contribution in [3.63, 3.8) is 0 Å². The first-order chi connectivity index (χ1) is 47.6. The zero-order valence-electron chi connectivity index (χ0n) is 61.3. The van der Waals surface area contributed by atoms with Crippen molar-refractivity contribution in [2.45, 2.75) is 389 Å². The molecule has 2 saturated heterocycles. The second-order valence-corrected chi connectivity index (χ2v) is 27.5. The average molecular weight is 1370 g/mol. The standard InChI is InChI=1S/C83H145NO13/c1-3-5-7-9-11-13-15-17-19-21-23-25-27-29-31-33-34-35-36-37-38-39-41-43-45-47-49-51-53-55-57-59-61-63-65-67-75(88)84-71(70-94-82-80(93)78(91)81(74(69-86)96-82)97-83-79(92)77(90)76(89)73(68-85)95-83)72(87)66-64-62-60-58-56-54-52-50-48-46-44-42-40-32-30-28-26-24-22-20-18-16-14-12-10-8-6-4-2/h5,7,11,13,17,19,23,25,29,31,34-35,37-38,41,43,47,49,71-74,76-83,85-87,89-93H,3-4,6,8-10,12,14-16,18,20-22,24,26-28,30,32-33,36,39-40,42,44-46,48,50-70H2,1-2H3,(H,84,88)/b7-5-,13-11-,19-17-,25-23-,31-29-,35-34-,38-37-,43-41-,49-47-. The molecule has 0 aliphatic carbocycles. The molecule has 2 aliphatic rings. The lowest BCUT2D eigenvalue weighted by Gasteiger charge is -2.46. The molecule has 12 atom stereocenters. The van der Waals surface area contributed by atoms with Crippen molar-refractivity contribution >= 4 is 5.91 Å². The first kappa shape index (κ1) is 89.7. The van der Waals surface area contributed by atoms with Crippen LogP contribution in [0.1, 0.15) is 316 Å². The molecular formula is C83H145NO13. The Kier molecular flexibility index (Phi) is 61.0. The van der Waals surface area contributed by atoms with E-state index in [-0.39, 0.29) is 18.9 Å². The summed E-state index contributed by atoms with van der Waals surface area (Å²) >= 11 is 0. The summed E-state index contributed by atoms with van der Waals surface area (Å²) in [6.07, 6.45) is 78.2. The van der Waals surface area contributed by atoms with Gasteiger partial charge >= 0.3 is 0 Å². The Morgan fingerprint density at radius 2 is 0.711 bits per heavy atom. The zero-order valence-corrected chi connectivity index (χ0v) is 61.3. The van der Waals surface area contributed by atoms with Gasteiger partial charge in [-0.1, -0.05) is 335 Å². The highest BCUT2D eigenvalue weighted by molar-refractivity contribution is 5.76. The Hall–Kier alpha value is -3.35. The molecule has 0 aromatic rings. The largest absolute Gasteiger partial charge is 0.394 e. The molecular weight excluding hydrogens is 1220 g/mol. The van der Waals surface area contributed by atoms with Gasteiger partial charge in [-0.15, -0.1) is 0 Å². The summed E-state index contributed by atoms with van der Waals surface area (Å²) in [4.78, 5) is 13.4. The zero-order chi connectivity index (χ0) is 70.1. The summed E-state index contributed by atoms with van der Waals surface area (Å²) in [5.74, 6) is -0.218. The number of carbonyl (C=O) groups excluding carboxylic acids is 1. The Balaban J connectivity index is 1.64. The summed E-state index contributed by atoms with van der Waals surface area (Å²) in [7, 11) is 0. The van der Waals surface area contributed by atoms with Crippen molar-refractivity contribution in [1.82, 2.24) is 5.32 Å². The maximum absolute atomic E-state index is 13.4. The SMILES string of the molecule is CC/C=C\C/C=C\C/C=C\C/C=C\C/C=C\C/C=C\C/C=C\C/C=C\C/C=C\CCCCCCCCCC(=O)NC(COC1OC(CO)C(OC2OC(CO)C(O)C(O)C2O)C(O)C1O)C(O)CCCCCCCCCCCCCCCCCCCCCCCCCCCCCC. The van der Waals surface area contributed by atoms with Crippen molar-refractivity contribution in [2.24, 2.45) is 0 Å². The van der Waals surface area contributed by atoms with Crippen LogP contribution in [-0.4, -0.2) is 140 Å². The van der Waals surface area contributed by atoms with Gasteiger partial charge in [0, 0.05) is 6.42 Å². The van der Waals surface area contributed by atoms with E-state index in [1.807, 2.05) is 0 Å². The van der Waals surface area contributed by atoms with Crippen LogP contribution in [0.4, 0.5) is 0 Å². The number of hydrogen-bond donors (Lipinski definition) is 9. The van der Waals surface area contributed by atoms with Gasteiger partial charge in [-0.2, -0.15) is 0 Å². The molecule has 0 bridgehead atoms. The van der Waals surface area contributed by atoms with Gasteiger partial charge in [0.25, 0.3) is 0 Å². The molecule has 2 rings (SSSR count). The first-order valence-electron chi connectivity index (χ1n) is 39.6. The summed E-state index contributed by atoms with van der Waals surface area (Å²) in [6.45, 7) is 2.77. The van der Waals surface area contributed by atoms with Gasteiger partial charge in [0.05, 0.1) is 32.0 Å². The molecule has 0 radical (unpaired) electrons. The minimum atomic E-state index is -1.79. The summed E-state index contributed by atoms with van der Waals surface area (Å²) in [5, 5.41) is 87.9. The second-order valence-electron chi connectivity index (χ2n) is 27.5. The molecule has 0 aromatic heterocycles. The predicted molar refractivity (Wildman–Crippen MR) is 401 cm³/mol. The second kappa shape index (κ2) is 65.9. The van der Waals surface area contributed by atoms with Crippen molar-refractivity contribution in [2.75, 3.05) is 19.8 Å². The van der Waals surface area contributed by atoms with Crippen LogP contribution in [0.5, 0.6) is 0 Å². The van der Waals surface area contributed by atoms with E-state index in [1.54, 1.807) is 0 Å². The quantitative estimate of drug-likeness (QED) is 0.0204. The van der Waals surface area contributed by atoms with E-state index < -0.39 is 86.8 Å². The molecule has 1 amide bonds. The highest BCUT2D eigenvalue weighted by Gasteiger charge is 2.51. The number of hydrogen-bond acceptors (Lipinski definition) is 13. The molecule has 97 heavy (non-hydrogen) atoms. The third-order valence-electron chi connectivity index (χ3n) is 18.8. The van der Waals surface area contributed by atoms with E-state index in [4.69, 9.17) is 18.9 Å². The van der Waals surface area contributed by atoms with Crippen LogP contribution in [0.15, 0.2) is 109 Å². The smallest absolute Gasteiger partial charge is 0.220 e. The number of rotatable bonds is 65.